The predicted octanol–water partition coefficient (Wildman–Crippen LogP) is 4.44. The first-order valence-corrected chi connectivity index (χ1v) is 16.9. The van der Waals surface area contributed by atoms with Gasteiger partial charge in [0.2, 0.25) is 17.6 Å². The van der Waals surface area contributed by atoms with E-state index in [1.807, 2.05) is 51.1 Å². The maximum absolute atomic E-state index is 14.2. The predicted molar refractivity (Wildman–Crippen MR) is 188 cm³/mol. The third kappa shape index (κ3) is 13.8. The largest absolute Gasteiger partial charge is 0.493 e. The number of hydrogen-bond donors (Lipinski definition) is 4. The second-order valence-corrected chi connectivity index (χ2v) is 13.2. The van der Waals surface area contributed by atoms with Gasteiger partial charge in [-0.1, -0.05) is 50.2 Å². The number of aliphatic hydroxyl groups excluding tert-OH is 1. The lowest BCUT2D eigenvalue weighted by atomic mass is 9.87. The number of hydrogen-bond acceptors (Lipinski definition) is 9. The molecule has 0 saturated carbocycles. The lowest BCUT2D eigenvalue weighted by Crippen LogP contribution is -2.53. The average Bonchev–Trinajstić information content (AvgIpc) is 3.05. The molecule has 0 spiro atoms. The van der Waals surface area contributed by atoms with Crippen molar-refractivity contribution in [2.45, 2.75) is 91.0 Å². The van der Waals surface area contributed by atoms with Crippen LogP contribution in [0.2, 0.25) is 0 Å². The van der Waals surface area contributed by atoms with E-state index in [9.17, 15) is 19.5 Å². The van der Waals surface area contributed by atoms with Crippen LogP contribution in [0.5, 0.6) is 17.2 Å². The van der Waals surface area contributed by atoms with Crippen LogP contribution in [0.15, 0.2) is 42.5 Å². The van der Waals surface area contributed by atoms with Gasteiger partial charge in [0.05, 0.1) is 33.5 Å². The number of amides is 3. The van der Waals surface area contributed by atoms with Gasteiger partial charge in [-0.25, -0.2) is 4.79 Å². The van der Waals surface area contributed by atoms with Gasteiger partial charge in [0.15, 0.2) is 11.5 Å². The summed E-state index contributed by atoms with van der Waals surface area (Å²) in [5.41, 5.74) is 0.758. The van der Waals surface area contributed by atoms with E-state index in [0.717, 1.165) is 5.56 Å². The summed E-state index contributed by atoms with van der Waals surface area (Å²) in [4.78, 5) is 40.3. The first-order valence-electron chi connectivity index (χ1n) is 16.9. The number of nitrogens with one attached hydrogen (secondary N) is 3. The van der Waals surface area contributed by atoms with E-state index in [4.69, 9.17) is 23.7 Å². The molecule has 12 nitrogen and oxygen atoms in total. The van der Waals surface area contributed by atoms with Gasteiger partial charge in [-0.3, -0.25) is 9.59 Å². The topological polar surface area (TPSA) is 154 Å². The third-order valence-electron chi connectivity index (χ3n) is 7.83. The Hall–Kier alpha value is -4.03. The summed E-state index contributed by atoms with van der Waals surface area (Å²) in [5.74, 6) is -0.623. The molecule has 12 heteroatoms. The highest BCUT2D eigenvalue weighted by molar-refractivity contribution is 5.89. The molecular weight excluding hydrogens is 630 g/mol. The Kier molecular flexibility index (Phi) is 17.2. The Morgan fingerprint density at radius 1 is 0.857 bits per heavy atom. The number of benzene rings is 2. The minimum absolute atomic E-state index is 0.0581. The van der Waals surface area contributed by atoms with Crippen LogP contribution in [0.1, 0.15) is 65.5 Å². The molecular formula is C37H57N3O9. The quantitative estimate of drug-likeness (QED) is 0.148. The zero-order valence-corrected chi connectivity index (χ0v) is 30.6. The molecule has 0 bridgehead atoms. The van der Waals surface area contributed by atoms with Crippen LogP contribution in [0.25, 0.3) is 0 Å². The van der Waals surface area contributed by atoms with Gasteiger partial charge in [0.25, 0.3) is 0 Å². The van der Waals surface area contributed by atoms with Crippen molar-refractivity contribution in [2.24, 2.45) is 11.8 Å². The van der Waals surface area contributed by atoms with Crippen molar-refractivity contribution in [3.8, 4) is 17.2 Å². The Morgan fingerprint density at radius 3 is 2.10 bits per heavy atom. The molecule has 4 N–H and O–H groups in total. The normalized spacial score (nSPS) is 13.9. The maximum atomic E-state index is 14.2. The molecule has 49 heavy (non-hydrogen) atoms. The molecule has 0 radical (unpaired) electrons. The van der Waals surface area contributed by atoms with Crippen molar-refractivity contribution in [1.82, 2.24) is 16.0 Å². The van der Waals surface area contributed by atoms with Gasteiger partial charge < -0.3 is 44.7 Å². The van der Waals surface area contributed by atoms with Crippen LogP contribution in [0, 0.1) is 11.8 Å². The molecule has 274 valence electrons. The molecule has 4 atom stereocenters. The van der Waals surface area contributed by atoms with Crippen LogP contribution in [-0.4, -0.2) is 87.9 Å². The van der Waals surface area contributed by atoms with Crippen LogP contribution in [0.4, 0.5) is 4.79 Å². The molecule has 0 aliphatic carbocycles. The van der Waals surface area contributed by atoms with Crippen molar-refractivity contribution in [3.05, 3.63) is 53.6 Å². The van der Waals surface area contributed by atoms with Crippen LogP contribution in [-0.2, 0) is 31.9 Å². The standard InChI is InChI=1S/C37H57N3O9/c1-10-48-20-14-19-38-35(43)31(24(2)3)40-34(42)27(22-26-17-18-30(45-7)33(47-9)32(26)46-8)23-29(41)28(21-25-15-12-11-13-16-25)39-36(44)49-37(4,5)6/h11-13,15-18,24,27-29,31,41H,10,14,19-23H2,1-9H3,(H,38,43)(H,39,44)(H,40,42). The van der Waals surface area contributed by atoms with E-state index in [-0.39, 0.29) is 31.1 Å². The minimum atomic E-state index is -1.18. The molecule has 0 aromatic heterocycles. The lowest BCUT2D eigenvalue weighted by Gasteiger charge is -2.30. The number of aliphatic hydroxyl groups is 1. The highest BCUT2D eigenvalue weighted by Gasteiger charge is 2.33. The molecule has 0 aliphatic rings. The van der Waals surface area contributed by atoms with Gasteiger partial charge in [-0.15, -0.1) is 0 Å². The second-order valence-electron chi connectivity index (χ2n) is 13.2. The Balaban J connectivity index is 2.46. The summed E-state index contributed by atoms with van der Waals surface area (Å²) in [7, 11) is 4.51. The van der Waals surface area contributed by atoms with E-state index in [2.05, 4.69) is 16.0 Å². The zero-order valence-electron chi connectivity index (χ0n) is 30.6. The van der Waals surface area contributed by atoms with Gasteiger partial charge in [-0.2, -0.15) is 0 Å². The summed E-state index contributed by atoms with van der Waals surface area (Å²) in [6.45, 7) is 12.4. The third-order valence-corrected chi connectivity index (χ3v) is 7.83. The summed E-state index contributed by atoms with van der Waals surface area (Å²) in [5, 5.41) is 20.4. The Bertz CT molecular complexity index is 1310. The van der Waals surface area contributed by atoms with Crippen molar-refractivity contribution in [1.29, 1.82) is 0 Å². The first kappa shape index (κ1) is 41.1. The minimum Gasteiger partial charge on any atom is -0.493 e. The van der Waals surface area contributed by atoms with Crippen molar-refractivity contribution in [2.75, 3.05) is 41.1 Å². The summed E-state index contributed by atoms with van der Waals surface area (Å²) in [6, 6.07) is 11.3. The first-order chi connectivity index (χ1) is 23.2. The fourth-order valence-electron chi connectivity index (χ4n) is 5.38. The van der Waals surface area contributed by atoms with Crippen molar-refractivity contribution < 1.29 is 43.2 Å². The van der Waals surface area contributed by atoms with E-state index in [0.29, 0.717) is 49.0 Å². The van der Waals surface area contributed by atoms with Gasteiger partial charge in [-0.05, 0) is 76.5 Å². The fraction of sp³-hybridized carbons (Fsp3) is 0.595. The van der Waals surface area contributed by atoms with Crippen LogP contribution in [0.3, 0.4) is 0 Å². The number of carbonyl (C=O) groups is 3. The Morgan fingerprint density at radius 2 is 1.53 bits per heavy atom. The van der Waals surface area contributed by atoms with Gasteiger partial charge in [0, 0.05) is 25.7 Å². The van der Waals surface area contributed by atoms with Crippen LogP contribution < -0.4 is 30.2 Å². The molecule has 2 aromatic rings. The molecule has 0 heterocycles. The van der Waals surface area contributed by atoms with Gasteiger partial charge in [0.1, 0.15) is 11.6 Å². The molecule has 2 rings (SSSR count). The molecule has 2 aromatic carbocycles. The lowest BCUT2D eigenvalue weighted by molar-refractivity contribution is -0.132. The average molecular weight is 688 g/mol. The highest BCUT2D eigenvalue weighted by Crippen LogP contribution is 2.41. The summed E-state index contributed by atoms with van der Waals surface area (Å²) in [6.07, 6.45) is -0.876. The summed E-state index contributed by atoms with van der Waals surface area (Å²) < 4.78 is 27.6. The number of ether oxygens (including phenoxy) is 5. The second kappa shape index (κ2) is 20.5. The number of methoxy groups -OCH3 is 3. The molecule has 0 fully saturated rings. The number of rotatable bonds is 20. The van der Waals surface area contributed by atoms with Crippen molar-refractivity contribution >= 4 is 17.9 Å². The zero-order chi connectivity index (χ0) is 36.6. The van der Waals surface area contributed by atoms with Crippen molar-refractivity contribution in [3.63, 3.8) is 0 Å². The SMILES string of the molecule is CCOCCCNC(=O)C(NC(=O)C(Cc1ccc(OC)c(OC)c1OC)CC(O)C(Cc1ccccc1)NC(=O)OC(C)(C)C)C(C)C. The molecule has 3 amide bonds. The fourth-order valence-corrected chi connectivity index (χ4v) is 5.38. The van der Waals surface area contributed by atoms with E-state index in [1.54, 1.807) is 32.9 Å². The number of carbonyl (C=O) groups excluding carboxylic acids is 3. The smallest absolute Gasteiger partial charge is 0.407 e. The van der Waals surface area contributed by atoms with Crippen LogP contribution >= 0.6 is 0 Å². The molecule has 4 unspecified atom stereocenters. The van der Waals surface area contributed by atoms with E-state index >= 15 is 0 Å². The maximum Gasteiger partial charge on any atom is 0.407 e. The molecule has 0 aliphatic heterocycles. The number of alkyl carbamates (subject to hydrolysis) is 1. The van der Waals surface area contributed by atoms with E-state index in [1.165, 1.54) is 21.3 Å². The van der Waals surface area contributed by atoms with E-state index < -0.39 is 41.7 Å². The Labute approximate surface area is 291 Å². The molecule has 0 saturated heterocycles. The van der Waals surface area contributed by atoms with Gasteiger partial charge >= 0.3 is 6.09 Å². The summed E-state index contributed by atoms with van der Waals surface area (Å²) >= 11 is 0. The highest BCUT2D eigenvalue weighted by atomic mass is 16.6. The monoisotopic (exact) mass is 687 g/mol.